The van der Waals surface area contributed by atoms with Crippen LogP contribution in [0, 0.1) is 6.92 Å². The number of nitrogens with one attached hydrogen (secondary N) is 3. The van der Waals surface area contributed by atoms with Gasteiger partial charge in [-0.05, 0) is 54.8 Å². The van der Waals surface area contributed by atoms with Crippen LogP contribution in [0.15, 0.2) is 46.9 Å². The molecule has 0 spiro atoms. The molecule has 0 aliphatic rings. The van der Waals surface area contributed by atoms with Crippen LogP contribution in [0.25, 0.3) is 0 Å². The Morgan fingerprint density at radius 3 is 2.38 bits per heavy atom. The predicted octanol–water partition coefficient (Wildman–Crippen LogP) is 2.41. The number of benzene rings is 2. The molecule has 3 N–H and O–H groups in total. The first-order valence-corrected chi connectivity index (χ1v) is 9.42. The zero-order valence-corrected chi connectivity index (χ0v) is 16.9. The number of carbonyl (C=O) groups is 2. The summed E-state index contributed by atoms with van der Waals surface area (Å²) in [5.74, 6) is -0.225. The molecule has 0 fully saturated rings. The number of amides is 2. The van der Waals surface area contributed by atoms with Gasteiger partial charge in [0.05, 0.1) is 7.05 Å². The number of rotatable bonds is 7. The molecule has 26 heavy (non-hydrogen) atoms. The van der Waals surface area contributed by atoms with E-state index in [1.807, 2.05) is 56.4 Å². The van der Waals surface area contributed by atoms with E-state index < -0.39 is 0 Å². The molecule has 2 aromatic carbocycles. The second kappa shape index (κ2) is 9.50. The number of hydrogen-bond donors (Lipinski definition) is 3. The van der Waals surface area contributed by atoms with Gasteiger partial charge in [-0.25, -0.2) is 0 Å². The fourth-order valence-electron chi connectivity index (χ4n) is 2.65. The van der Waals surface area contributed by atoms with Gasteiger partial charge in [0.25, 0.3) is 11.8 Å². The summed E-state index contributed by atoms with van der Waals surface area (Å²) in [5, 5.41) is 5.78. The minimum atomic E-state index is -0.117. The van der Waals surface area contributed by atoms with Crippen LogP contribution in [0.4, 0.5) is 11.4 Å². The number of likely N-dealkylation sites (N-methyl/N-ethyl adjacent to an activating group) is 1. The van der Waals surface area contributed by atoms with Crippen LogP contribution in [0.2, 0.25) is 0 Å². The van der Waals surface area contributed by atoms with E-state index in [4.69, 9.17) is 0 Å². The van der Waals surface area contributed by atoms with Crippen LogP contribution in [0.3, 0.4) is 0 Å². The van der Waals surface area contributed by atoms with Crippen molar-refractivity contribution >= 4 is 39.1 Å². The third-order valence-electron chi connectivity index (χ3n) is 4.01. The standard InChI is InChI=1S/C20H24BrN3O2/c1-4-15-6-5-7-17(11-15)22-19(25)12-24(3)13-20(26)23-18-9-8-16(21)10-14(18)2/h5-11H,4,12-13H2,1-3H3,(H,22,25)(H,23,26)/p+1. The average molecular weight is 419 g/mol. The number of anilines is 2. The molecular formula is C20H25BrN3O2+. The highest BCUT2D eigenvalue weighted by Gasteiger charge is 2.15. The summed E-state index contributed by atoms with van der Waals surface area (Å²) in [6, 6.07) is 13.5. The smallest absolute Gasteiger partial charge is 0.279 e. The Bertz CT molecular complexity index is 792. The van der Waals surface area contributed by atoms with Crippen molar-refractivity contribution in [3.05, 3.63) is 58.1 Å². The van der Waals surface area contributed by atoms with Gasteiger partial charge in [0.15, 0.2) is 13.1 Å². The molecule has 2 aromatic rings. The van der Waals surface area contributed by atoms with E-state index in [0.717, 1.165) is 32.7 Å². The maximum absolute atomic E-state index is 12.2. The second-order valence-corrected chi connectivity index (χ2v) is 7.34. The molecule has 138 valence electrons. The summed E-state index contributed by atoms with van der Waals surface area (Å²) in [6.07, 6.45) is 0.921. The quantitative estimate of drug-likeness (QED) is 0.646. The van der Waals surface area contributed by atoms with Crippen molar-refractivity contribution in [3.8, 4) is 0 Å². The molecule has 2 rings (SSSR count). The van der Waals surface area contributed by atoms with Crippen molar-refractivity contribution in [2.75, 3.05) is 30.8 Å². The molecule has 0 aliphatic carbocycles. The Morgan fingerprint density at radius 2 is 1.73 bits per heavy atom. The first-order valence-electron chi connectivity index (χ1n) is 8.63. The van der Waals surface area contributed by atoms with Gasteiger partial charge in [-0.1, -0.05) is 35.0 Å². The van der Waals surface area contributed by atoms with E-state index in [2.05, 4.69) is 33.5 Å². The molecule has 0 aromatic heterocycles. The van der Waals surface area contributed by atoms with Gasteiger partial charge >= 0.3 is 0 Å². The molecule has 0 aliphatic heterocycles. The van der Waals surface area contributed by atoms with Crippen molar-refractivity contribution in [3.63, 3.8) is 0 Å². The molecule has 2 amide bonds. The maximum Gasteiger partial charge on any atom is 0.279 e. The van der Waals surface area contributed by atoms with Crippen LogP contribution < -0.4 is 15.5 Å². The average Bonchev–Trinajstić information content (AvgIpc) is 2.57. The molecule has 0 saturated carbocycles. The number of aryl methyl sites for hydroxylation is 2. The van der Waals surface area contributed by atoms with Crippen molar-refractivity contribution in [1.29, 1.82) is 0 Å². The van der Waals surface area contributed by atoms with Gasteiger partial charge in [0.1, 0.15) is 0 Å². The molecule has 1 atom stereocenters. The highest BCUT2D eigenvalue weighted by Crippen LogP contribution is 2.19. The third-order valence-corrected chi connectivity index (χ3v) is 4.50. The van der Waals surface area contributed by atoms with Gasteiger partial charge in [-0.15, -0.1) is 0 Å². The molecule has 6 heteroatoms. The summed E-state index contributed by atoms with van der Waals surface area (Å²) >= 11 is 3.40. The molecular weight excluding hydrogens is 394 g/mol. The molecule has 0 saturated heterocycles. The van der Waals surface area contributed by atoms with E-state index in [1.54, 1.807) is 0 Å². The van der Waals surface area contributed by atoms with Crippen molar-refractivity contribution in [1.82, 2.24) is 0 Å². The van der Waals surface area contributed by atoms with Crippen LogP contribution in [-0.2, 0) is 16.0 Å². The zero-order valence-electron chi connectivity index (χ0n) is 15.4. The number of carbonyl (C=O) groups excluding carboxylic acids is 2. The zero-order chi connectivity index (χ0) is 19.1. The van der Waals surface area contributed by atoms with Gasteiger partial charge in [-0.2, -0.15) is 0 Å². The lowest BCUT2D eigenvalue weighted by atomic mass is 10.1. The van der Waals surface area contributed by atoms with E-state index in [1.165, 1.54) is 5.56 Å². The van der Waals surface area contributed by atoms with Crippen molar-refractivity contribution in [2.24, 2.45) is 0 Å². The van der Waals surface area contributed by atoms with E-state index >= 15 is 0 Å². The first-order chi connectivity index (χ1) is 12.4. The SMILES string of the molecule is CCc1cccc(NC(=O)C[NH+](C)CC(=O)Nc2ccc(Br)cc2C)c1. The topological polar surface area (TPSA) is 62.6 Å². The lowest BCUT2D eigenvalue weighted by molar-refractivity contribution is -0.862. The Labute approximate surface area is 162 Å². The number of quaternary nitrogens is 1. The minimum absolute atomic E-state index is 0.108. The summed E-state index contributed by atoms with van der Waals surface area (Å²) in [6.45, 7) is 4.46. The van der Waals surface area contributed by atoms with Crippen LogP contribution in [-0.4, -0.2) is 32.0 Å². The van der Waals surface area contributed by atoms with Crippen molar-refractivity contribution in [2.45, 2.75) is 20.3 Å². The van der Waals surface area contributed by atoms with Crippen LogP contribution in [0.1, 0.15) is 18.1 Å². The fourth-order valence-corrected chi connectivity index (χ4v) is 3.12. The Morgan fingerprint density at radius 1 is 1.04 bits per heavy atom. The number of hydrogen-bond acceptors (Lipinski definition) is 2. The highest BCUT2D eigenvalue weighted by molar-refractivity contribution is 9.10. The molecule has 0 heterocycles. The first kappa shape index (κ1) is 20.1. The summed E-state index contributed by atoms with van der Waals surface area (Å²) in [5.41, 5.74) is 3.73. The van der Waals surface area contributed by atoms with Gasteiger partial charge in [-0.3, -0.25) is 9.59 Å². The van der Waals surface area contributed by atoms with Crippen molar-refractivity contribution < 1.29 is 14.5 Å². The predicted molar refractivity (Wildman–Crippen MR) is 109 cm³/mol. The molecule has 5 nitrogen and oxygen atoms in total. The lowest BCUT2D eigenvalue weighted by Gasteiger charge is -2.15. The Balaban J connectivity index is 1.84. The summed E-state index contributed by atoms with van der Waals surface area (Å²) in [7, 11) is 1.83. The lowest BCUT2D eigenvalue weighted by Crippen LogP contribution is -3.11. The van der Waals surface area contributed by atoms with E-state index in [0.29, 0.717) is 0 Å². The second-order valence-electron chi connectivity index (χ2n) is 6.42. The fraction of sp³-hybridized carbons (Fsp3) is 0.300. The van der Waals surface area contributed by atoms with Crippen LogP contribution in [0.5, 0.6) is 0 Å². The van der Waals surface area contributed by atoms with E-state index in [9.17, 15) is 9.59 Å². The molecule has 1 unspecified atom stereocenters. The normalized spacial score (nSPS) is 11.7. The van der Waals surface area contributed by atoms with Crippen LogP contribution >= 0.6 is 15.9 Å². The summed E-state index contributed by atoms with van der Waals surface area (Å²) in [4.78, 5) is 25.2. The van der Waals surface area contributed by atoms with Gasteiger partial charge in [0.2, 0.25) is 0 Å². The third kappa shape index (κ3) is 6.28. The Hall–Kier alpha value is -2.18. The minimum Gasteiger partial charge on any atom is -0.322 e. The summed E-state index contributed by atoms with van der Waals surface area (Å²) < 4.78 is 0.972. The monoisotopic (exact) mass is 418 g/mol. The largest absolute Gasteiger partial charge is 0.322 e. The van der Waals surface area contributed by atoms with Gasteiger partial charge < -0.3 is 15.5 Å². The molecule has 0 radical (unpaired) electrons. The van der Waals surface area contributed by atoms with E-state index in [-0.39, 0.29) is 24.9 Å². The highest BCUT2D eigenvalue weighted by atomic mass is 79.9. The Kier molecular flexibility index (Phi) is 7.36. The maximum atomic E-state index is 12.2. The van der Waals surface area contributed by atoms with Gasteiger partial charge in [0, 0.05) is 15.8 Å². The molecule has 0 bridgehead atoms. The number of halogens is 1.